The SMILES string of the molecule is CC1CCC2(OC1)OC1CC3C4CCC5CC(OC6OC(C)C(O)C(O)C6O)CCC5(C)C4CCC3(C)C1C2C. The van der Waals surface area contributed by atoms with Gasteiger partial charge in [-0.25, -0.2) is 0 Å². The first-order chi connectivity index (χ1) is 19.0. The molecule has 17 unspecified atom stereocenters. The Morgan fingerprint density at radius 2 is 1.55 bits per heavy atom. The summed E-state index contributed by atoms with van der Waals surface area (Å²) in [4.78, 5) is 0. The maximum Gasteiger partial charge on any atom is 0.186 e. The summed E-state index contributed by atoms with van der Waals surface area (Å²) >= 11 is 0. The van der Waals surface area contributed by atoms with E-state index in [2.05, 4.69) is 27.7 Å². The van der Waals surface area contributed by atoms with Crippen LogP contribution in [0.15, 0.2) is 0 Å². The van der Waals surface area contributed by atoms with E-state index in [0.717, 1.165) is 50.0 Å². The summed E-state index contributed by atoms with van der Waals surface area (Å²) in [6, 6.07) is 0. The highest BCUT2D eigenvalue weighted by Crippen LogP contribution is 2.71. The molecule has 3 heterocycles. The number of aliphatic hydroxyl groups excluding tert-OH is 3. The first-order valence-electron chi connectivity index (χ1n) is 16.6. The van der Waals surface area contributed by atoms with E-state index < -0.39 is 30.7 Å². The zero-order chi connectivity index (χ0) is 28.2. The Morgan fingerprint density at radius 3 is 2.30 bits per heavy atom. The molecule has 0 aromatic rings. The molecule has 0 aromatic heterocycles. The Labute approximate surface area is 240 Å². The van der Waals surface area contributed by atoms with Crippen molar-refractivity contribution >= 4 is 0 Å². The predicted molar refractivity (Wildman–Crippen MR) is 149 cm³/mol. The third-order valence-corrected chi connectivity index (χ3v) is 14.0. The fourth-order valence-corrected chi connectivity index (χ4v) is 11.7. The summed E-state index contributed by atoms with van der Waals surface area (Å²) in [5, 5.41) is 30.8. The van der Waals surface area contributed by atoms with Crippen LogP contribution in [0.4, 0.5) is 0 Å². The van der Waals surface area contributed by atoms with Crippen LogP contribution in [0.5, 0.6) is 0 Å². The molecule has 228 valence electrons. The van der Waals surface area contributed by atoms with Crippen LogP contribution in [0.1, 0.15) is 98.8 Å². The van der Waals surface area contributed by atoms with Gasteiger partial charge in [-0.15, -0.1) is 0 Å². The van der Waals surface area contributed by atoms with Crippen LogP contribution in [0.3, 0.4) is 0 Å². The predicted octanol–water partition coefficient (Wildman–Crippen LogP) is 4.65. The molecule has 3 saturated heterocycles. The van der Waals surface area contributed by atoms with Crippen molar-refractivity contribution in [3.63, 3.8) is 0 Å². The molecule has 0 bridgehead atoms. The van der Waals surface area contributed by atoms with Gasteiger partial charge in [0.1, 0.15) is 18.3 Å². The molecule has 3 aliphatic heterocycles. The van der Waals surface area contributed by atoms with Gasteiger partial charge in [-0.1, -0.05) is 27.7 Å². The molecule has 7 aliphatic rings. The van der Waals surface area contributed by atoms with Gasteiger partial charge >= 0.3 is 0 Å². The highest BCUT2D eigenvalue weighted by atomic mass is 16.7. The van der Waals surface area contributed by atoms with Crippen LogP contribution in [0.2, 0.25) is 0 Å². The molecule has 1 spiro atoms. The van der Waals surface area contributed by atoms with Crippen LogP contribution in [0.25, 0.3) is 0 Å². The Hall–Kier alpha value is -0.280. The lowest BCUT2D eigenvalue weighted by Gasteiger charge is -2.61. The summed E-state index contributed by atoms with van der Waals surface area (Å²) in [7, 11) is 0. The summed E-state index contributed by atoms with van der Waals surface area (Å²) in [6.07, 6.45) is 7.12. The summed E-state index contributed by atoms with van der Waals surface area (Å²) in [5.41, 5.74) is 0.675. The Bertz CT molecular complexity index is 951. The topological polar surface area (TPSA) is 97.6 Å². The minimum atomic E-state index is -1.24. The van der Waals surface area contributed by atoms with Crippen molar-refractivity contribution in [1.29, 1.82) is 0 Å². The quantitative estimate of drug-likeness (QED) is 0.422. The van der Waals surface area contributed by atoms with E-state index in [-0.39, 0.29) is 11.9 Å². The van der Waals surface area contributed by atoms with Crippen LogP contribution < -0.4 is 0 Å². The molecular formula is C33H54O7. The molecule has 7 heteroatoms. The van der Waals surface area contributed by atoms with Crippen molar-refractivity contribution in [2.75, 3.05) is 6.61 Å². The number of hydrogen-bond acceptors (Lipinski definition) is 7. The van der Waals surface area contributed by atoms with Crippen LogP contribution in [-0.4, -0.2) is 70.6 Å². The fraction of sp³-hybridized carbons (Fsp3) is 1.00. The molecule has 17 atom stereocenters. The van der Waals surface area contributed by atoms with E-state index in [1.54, 1.807) is 6.92 Å². The van der Waals surface area contributed by atoms with Crippen LogP contribution in [-0.2, 0) is 18.9 Å². The van der Waals surface area contributed by atoms with E-state index in [4.69, 9.17) is 18.9 Å². The van der Waals surface area contributed by atoms with Crippen molar-refractivity contribution < 1.29 is 34.3 Å². The van der Waals surface area contributed by atoms with Gasteiger partial charge in [0, 0.05) is 12.3 Å². The second-order valence-corrected chi connectivity index (χ2v) is 15.9. The lowest BCUT2D eigenvalue weighted by Crippen LogP contribution is -2.59. The maximum atomic E-state index is 10.5. The second kappa shape index (κ2) is 9.87. The molecule has 0 amide bonds. The molecule has 7 nitrogen and oxygen atoms in total. The van der Waals surface area contributed by atoms with Crippen LogP contribution in [0, 0.1) is 52.3 Å². The largest absolute Gasteiger partial charge is 0.388 e. The molecule has 0 aromatic carbocycles. The minimum absolute atomic E-state index is 0.0206. The maximum absolute atomic E-state index is 10.5. The van der Waals surface area contributed by atoms with Gasteiger partial charge in [0.05, 0.1) is 24.9 Å². The molecule has 0 radical (unpaired) electrons. The zero-order valence-electron chi connectivity index (χ0n) is 25.3. The van der Waals surface area contributed by atoms with Crippen LogP contribution >= 0.6 is 0 Å². The molecule has 7 rings (SSSR count). The van der Waals surface area contributed by atoms with Gasteiger partial charge in [0.25, 0.3) is 0 Å². The molecule has 7 fully saturated rings. The third kappa shape index (κ3) is 4.07. The van der Waals surface area contributed by atoms with Gasteiger partial charge in [-0.2, -0.15) is 0 Å². The Kier molecular flexibility index (Phi) is 7.03. The average molecular weight is 563 g/mol. The van der Waals surface area contributed by atoms with Gasteiger partial charge in [0.15, 0.2) is 12.1 Å². The van der Waals surface area contributed by atoms with Crippen molar-refractivity contribution in [2.24, 2.45) is 52.3 Å². The summed E-state index contributed by atoms with van der Waals surface area (Å²) in [6.45, 7) is 12.5. The molecule has 4 saturated carbocycles. The number of rotatable bonds is 2. The second-order valence-electron chi connectivity index (χ2n) is 15.9. The average Bonchev–Trinajstić information content (AvgIpc) is 3.37. The number of aliphatic hydroxyl groups is 3. The van der Waals surface area contributed by atoms with Crippen molar-refractivity contribution in [1.82, 2.24) is 0 Å². The Morgan fingerprint density at radius 1 is 0.775 bits per heavy atom. The lowest BCUT2D eigenvalue weighted by molar-refractivity contribution is -0.309. The zero-order valence-corrected chi connectivity index (χ0v) is 25.3. The highest BCUT2D eigenvalue weighted by molar-refractivity contribution is 5.15. The molecular weight excluding hydrogens is 508 g/mol. The summed E-state index contributed by atoms with van der Waals surface area (Å²) in [5.74, 6) is 4.28. The number of ether oxygens (including phenoxy) is 4. The minimum Gasteiger partial charge on any atom is -0.388 e. The van der Waals surface area contributed by atoms with E-state index in [9.17, 15) is 15.3 Å². The number of fused-ring (bicyclic) bond motifs is 7. The van der Waals surface area contributed by atoms with E-state index >= 15 is 0 Å². The molecule has 4 aliphatic carbocycles. The standard InChI is InChI=1S/C33H54O7/c1-17-8-13-33(37-16-17)18(2)26-25(40-33)15-24-22-7-6-20-14-21(39-30-29(36)28(35)27(34)19(3)38-30)9-11-31(20,4)23(22)10-12-32(24,26)5/h17-30,34-36H,6-16H2,1-5H3. The van der Waals surface area contributed by atoms with Gasteiger partial charge in [0.2, 0.25) is 0 Å². The number of hydrogen-bond donors (Lipinski definition) is 3. The normalized spacial score (nSPS) is 61.5. The molecule has 3 N–H and O–H groups in total. The third-order valence-electron chi connectivity index (χ3n) is 14.0. The van der Waals surface area contributed by atoms with Crippen molar-refractivity contribution in [3.05, 3.63) is 0 Å². The van der Waals surface area contributed by atoms with Crippen molar-refractivity contribution in [3.8, 4) is 0 Å². The Balaban J connectivity index is 1.03. The highest BCUT2D eigenvalue weighted by Gasteiger charge is 2.69. The van der Waals surface area contributed by atoms with Gasteiger partial charge in [-0.05, 0) is 111 Å². The monoisotopic (exact) mass is 562 g/mol. The van der Waals surface area contributed by atoms with E-state index in [1.165, 1.54) is 38.5 Å². The first kappa shape index (κ1) is 28.5. The fourth-order valence-electron chi connectivity index (χ4n) is 11.7. The van der Waals surface area contributed by atoms with E-state index in [1.807, 2.05) is 0 Å². The lowest BCUT2D eigenvalue weighted by atomic mass is 9.44. The summed E-state index contributed by atoms with van der Waals surface area (Å²) < 4.78 is 25.5. The smallest absolute Gasteiger partial charge is 0.186 e. The van der Waals surface area contributed by atoms with E-state index in [0.29, 0.717) is 40.6 Å². The van der Waals surface area contributed by atoms with Gasteiger partial charge < -0.3 is 34.3 Å². The van der Waals surface area contributed by atoms with Crippen molar-refractivity contribution in [2.45, 2.75) is 148 Å². The molecule has 40 heavy (non-hydrogen) atoms. The first-order valence-corrected chi connectivity index (χ1v) is 16.6. The van der Waals surface area contributed by atoms with Gasteiger partial charge in [-0.3, -0.25) is 0 Å².